The molecule has 0 aromatic rings. The fraction of sp³-hybridized carbons (Fsp3) is 0.167. The first-order valence-corrected chi connectivity index (χ1v) is 3.30. The largest absolute Gasteiger partial charge is 0.166 e. The third-order valence-electron chi connectivity index (χ3n) is 0.957. The number of hydrogen-bond donors (Lipinski definition) is 1. The van der Waals surface area contributed by atoms with Crippen LogP contribution in [0.5, 0.6) is 0 Å². The van der Waals surface area contributed by atoms with Gasteiger partial charge in [-0.3, -0.25) is 0 Å². The highest BCUT2D eigenvalue weighted by atomic mass is 32.1. The first-order chi connectivity index (χ1) is 3.80. The van der Waals surface area contributed by atoms with Gasteiger partial charge in [-0.1, -0.05) is 30.4 Å². The zero-order chi connectivity index (χ0) is 5.98. The smallest absolute Gasteiger partial charge is 0.0552 e. The minimum atomic E-state index is 0.162. The third-order valence-corrected chi connectivity index (χ3v) is 1.97. The molecule has 0 bridgehead atoms. The summed E-state index contributed by atoms with van der Waals surface area (Å²) in [5, 5.41) is 0.162. The van der Waals surface area contributed by atoms with E-state index >= 15 is 0 Å². The maximum Gasteiger partial charge on any atom is 0.0552 e. The molecule has 0 radical (unpaired) electrons. The summed E-state index contributed by atoms with van der Waals surface area (Å²) in [6, 6.07) is 0. The van der Waals surface area contributed by atoms with Crippen LogP contribution >= 0.6 is 24.8 Å². The molecule has 1 atom stereocenters. The van der Waals surface area contributed by atoms with Gasteiger partial charge in [-0.15, -0.1) is 0 Å². The highest BCUT2D eigenvalue weighted by molar-refractivity contribution is 7.87. The summed E-state index contributed by atoms with van der Waals surface area (Å²) in [5.41, 5.74) is 0. The highest BCUT2D eigenvalue weighted by Gasteiger charge is 2.02. The van der Waals surface area contributed by atoms with Gasteiger partial charge in [-0.2, -0.15) is 12.6 Å². The second-order valence-corrected chi connectivity index (χ2v) is 2.62. The van der Waals surface area contributed by atoms with Crippen molar-refractivity contribution in [3.8, 4) is 0 Å². The Kier molecular flexibility index (Phi) is 1.86. The number of hydrogen-bond acceptors (Lipinski definition) is 2. The molecule has 0 saturated carbocycles. The van der Waals surface area contributed by atoms with Crippen LogP contribution < -0.4 is 0 Å². The molecule has 1 rings (SSSR count). The molecule has 2 heteroatoms. The Morgan fingerprint density at radius 2 is 2.25 bits per heavy atom. The summed E-state index contributed by atoms with van der Waals surface area (Å²) in [5.74, 6) is 0. The molecule has 0 fully saturated rings. The van der Waals surface area contributed by atoms with Gasteiger partial charge in [0, 0.05) is 4.86 Å². The van der Waals surface area contributed by atoms with Gasteiger partial charge in [-0.05, 0) is 6.08 Å². The van der Waals surface area contributed by atoms with Crippen molar-refractivity contribution >= 4 is 29.7 Å². The second-order valence-electron chi connectivity index (χ2n) is 1.59. The lowest BCUT2D eigenvalue weighted by molar-refractivity contribution is 1.54. The number of allylic oxidation sites excluding steroid dienone is 3. The second kappa shape index (κ2) is 2.46. The quantitative estimate of drug-likeness (QED) is 0.397. The fourth-order valence-electron chi connectivity index (χ4n) is 0.513. The van der Waals surface area contributed by atoms with Crippen LogP contribution in [-0.2, 0) is 0 Å². The van der Waals surface area contributed by atoms with Gasteiger partial charge in [0.2, 0.25) is 0 Å². The van der Waals surface area contributed by atoms with Crippen LogP contribution in [-0.4, -0.2) is 10.1 Å². The predicted octanol–water partition coefficient (Wildman–Crippen LogP) is 1.78. The van der Waals surface area contributed by atoms with Crippen molar-refractivity contribution in [2.45, 2.75) is 5.25 Å². The summed E-state index contributed by atoms with van der Waals surface area (Å²) in [6.45, 7) is 0. The van der Waals surface area contributed by atoms with E-state index in [-0.39, 0.29) is 5.25 Å². The molecule has 0 N–H and O–H groups in total. The summed E-state index contributed by atoms with van der Waals surface area (Å²) >= 11 is 9.09. The Hall–Kier alpha value is -0.0800. The molecule has 0 aromatic heterocycles. The van der Waals surface area contributed by atoms with E-state index in [1.165, 1.54) is 0 Å². The van der Waals surface area contributed by atoms with Gasteiger partial charge in [0.15, 0.2) is 0 Å². The van der Waals surface area contributed by atoms with Gasteiger partial charge >= 0.3 is 0 Å². The molecular weight excluding hydrogens is 136 g/mol. The van der Waals surface area contributed by atoms with Crippen LogP contribution in [0.2, 0.25) is 0 Å². The molecule has 1 aliphatic rings. The van der Waals surface area contributed by atoms with Gasteiger partial charge in [-0.25, -0.2) is 0 Å². The van der Waals surface area contributed by atoms with E-state index in [9.17, 15) is 0 Å². The molecule has 0 saturated heterocycles. The van der Waals surface area contributed by atoms with E-state index in [2.05, 4.69) is 12.6 Å². The van der Waals surface area contributed by atoms with Crippen LogP contribution in [0.15, 0.2) is 24.3 Å². The van der Waals surface area contributed by atoms with Crippen LogP contribution in [0, 0.1) is 0 Å². The zero-order valence-electron chi connectivity index (χ0n) is 4.24. The monoisotopic (exact) mass is 142 g/mol. The normalized spacial score (nSPS) is 26.6. The Morgan fingerprint density at radius 1 is 1.50 bits per heavy atom. The van der Waals surface area contributed by atoms with E-state index in [1.807, 2.05) is 24.3 Å². The van der Waals surface area contributed by atoms with Crippen molar-refractivity contribution in [1.29, 1.82) is 0 Å². The Balaban J connectivity index is 2.74. The van der Waals surface area contributed by atoms with E-state index in [0.29, 0.717) is 0 Å². The Labute approximate surface area is 59.7 Å². The number of thiol groups is 1. The SMILES string of the molecule is S=C1C=CC=CC1S. The minimum absolute atomic E-state index is 0.162. The van der Waals surface area contributed by atoms with E-state index in [1.54, 1.807) is 0 Å². The summed E-state index contributed by atoms with van der Waals surface area (Å²) in [6.07, 6.45) is 7.74. The minimum Gasteiger partial charge on any atom is -0.166 e. The van der Waals surface area contributed by atoms with E-state index in [0.717, 1.165) is 4.86 Å². The van der Waals surface area contributed by atoms with Crippen LogP contribution in [0.25, 0.3) is 0 Å². The van der Waals surface area contributed by atoms with Gasteiger partial charge < -0.3 is 0 Å². The topological polar surface area (TPSA) is 0 Å². The molecule has 0 heterocycles. The Morgan fingerprint density at radius 3 is 2.62 bits per heavy atom. The van der Waals surface area contributed by atoms with Gasteiger partial charge in [0.25, 0.3) is 0 Å². The van der Waals surface area contributed by atoms with Crippen molar-refractivity contribution in [3.63, 3.8) is 0 Å². The first-order valence-electron chi connectivity index (χ1n) is 2.37. The molecule has 1 unspecified atom stereocenters. The average molecular weight is 142 g/mol. The molecule has 0 amide bonds. The first kappa shape index (κ1) is 6.05. The summed E-state index contributed by atoms with van der Waals surface area (Å²) in [7, 11) is 0. The molecule has 0 aromatic carbocycles. The molecule has 42 valence electrons. The molecule has 1 aliphatic carbocycles. The average Bonchev–Trinajstić information content (AvgIpc) is 1.77. The van der Waals surface area contributed by atoms with E-state index in [4.69, 9.17) is 12.2 Å². The maximum atomic E-state index is 4.91. The number of thiocarbonyl (C=S) groups is 1. The molecular formula is C6H6S2. The maximum absolute atomic E-state index is 4.91. The van der Waals surface area contributed by atoms with Crippen LogP contribution in [0.4, 0.5) is 0 Å². The third kappa shape index (κ3) is 1.20. The zero-order valence-corrected chi connectivity index (χ0v) is 5.95. The van der Waals surface area contributed by atoms with Gasteiger partial charge in [0.05, 0.1) is 5.25 Å². The summed E-state index contributed by atoms with van der Waals surface area (Å²) in [4.78, 5) is 0.899. The van der Waals surface area contributed by atoms with Crippen LogP contribution in [0.3, 0.4) is 0 Å². The lowest BCUT2D eigenvalue weighted by Gasteiger charge is -2.04. The lowest BCUT2D eigenvalue weighted by Crippen LogP contribution is -2.07. The number of rotatable bonds is 0. The van der Waals surface area contributed by atoms with Gasteiger partial charge in [0.1, 0.15) is 0 Å². The fourth-order valence-corrected chi connectivity index (χ4v) is 0.856. The summed E-state index contributed by atoms with van der Waals surface area (Å²) < 4.78 is 0. The molecule has 0 nitrogen and oxygen atoms in total. The molecule has 0 aliphatic heterocycles. The van der Waals surface area contributed by atoms with Crippen LogP contribution in [0.1, 0.15) is 0 Å². The lowest BCUT2D eigenvalue weighted by atomic mass is 10.2. The molecule has 8 heavy (non-hydrogen) atoms. The van der Waals surface area contributed by atoms with Crippen molar-refractivity contribution < 1.29 is 0 Å². The predicted molar refractivity (Wildman–Crippen MR) is 43.7 cm³/mol. The van der Waals surface area contributed by atoms with Crippen molar-refractivity contribution in [3.05, 3.63) is 24.3 Å². The van der Waals surface area contributed by atoms with Crippen molar-refractivity contribution in [1.82, 2.24) is 0 Å². The standard InChI is InChI=1S/C6H6S2/c7-5-3-1-2-4-6(5)8/h1-5,7H. The van der Waals surface area contributed by atoms with Crippen molar-refractivity contribution in [2.24, 2.45) is 0 Å². The Bertz CT molecular complexity index is 156. The highest BCUT2D eigenvalue weighted by Crippen LogP contribution is 2.06. The van der Waals surface area contributed by atoms with E-state index < -0.39 is 0 Å². The van der Waals surface area contributed by atoms with Crippen molar-refractivity contribution in [2.75, 3.05) is 0 Å². The molecule has 0 spiro atoms.